The molecule has 4 aliphatic rings. The molecular weight excluding hydrogens is 406 g/mol. The van der Waals surface area contributed by atoms with E-state index in [1.807, 2.05) is 0 Å². The zero-order valence-corrected chi connectivity index (χ0v) is 22.6. The molecule has 0 aromatic heterocycles. The van der Waals surface area contributed by atoms with Crippen LogP contribution in [0.2, 0.25) is 0 Å². The van der Waals surface area contributed by atoms with Crippen LogP contribution in [0.25, 0.3) is 0 Å². The number of hydrogen-bond acceptors (Lipinski definition) is 2. The molecule has 0 unspecified atom stereocenters. The first kappa shape index (κ1) is 24.7. The number of thiocyanates is 1. The summed E-state index contributed by atoms with van der Waals surface area (Å²) >= 11 is 1.53. The minimum absolute atomic E-state index is 0.423. The summed E-state index contributed by atoms with van der Waals surface area (Å²) in [6, 6.07) is 0. The summed E-state index contributed by atoms with van der Waals surface area (Å²) < 4.78 is 0. The minimum atomic E-state index is 0.423. The van der Waals surface area contributed by atoms with Gasteiger partial charge in [0.15, 0.2) is 0 Å². The Kier molecular flexibility index (Phi) is 7.47. The summed E-state index contributed by atoms with van der Waals surface area (Å²) in [5, 5.41) is 12.1. The SMILES string of the molecule is CC[C@H](CC[C@@H](C)[C@H]1CC[C@H]2[C@@H]3CC=C4C[C@@H](SC#N)CC[C@]4(C)[C@H]3CC[C@]12C)C(C)C. The van der Waals surface area contributed by atoms with Crippen molar-refractivity contribution in [3.63, 3.8) is 0 Å². The lowest BCUT2D eigenvalue weighted by atomic mass is 9.47. The number of allylic oxidation sites excluding steroid dienone is 2. The van der Waals surface area contributed by atoms with Crippen molar-refractivity contribution < 1.29 is 0 Å². The predicted octanol–water partition coefficient (Wildman–Crippen LogP) is 9.25. The number of hydrogen-bond donors (Lipinski definition) is 0. The second kappa shape index (κ2) is 9.68. The molecule has 0 spiro atoms. The van der Waals surface area contributed by atoms with E-state index in [4.69, 9.17) is 5.26 Å². The maximum absolute atomic E-state index is 9.17. The van der Waals surface area contributed by atoms with Gasteiger partial charge < -0.3 is 0 Å². The van der Waals surface area contributed by atoms with Crippen molar-refractivity contribution in [3.8, 4) is 5.40 Å². The molecule has 4 aliphatic carbocycles. The van der Waals surface area contributed by atoms with Crippen molar-refractivity contribution in [1.82, 2.24) is 0 Å². The van der Waals surface area contributed by atoms with Crippen LogP contribution in [0.3, 0.4) is 0 Å². The summed E-state index contributed by atoms with van der Waals surface area (Å²) in [4.78, 5) is 0. The summed E-state index contributed by atoms with van der Waals surface area (Å²) in [6.45, 7) is 15.2. The molecule has 0 aromatic carbocycles. The third-order valence-electron chi connectivity index (χ3n) is 11.5. The lowest BCUT2D eigenvalue weighted by Crippen LogP contribution is -2.50. The molecule has 180 valence electrons. The zero-order valence-electron chi connectivity index (χ0n) is 21.8. The molecule has 0 aromatic rings. The summed E-state index contributed by atoms with van der Waals surface area (Å²) in [7, 11) is 0. The molecule has 0 N–H and O–H groups in total. The topological polar surface area (TPSA) is 23.8 Å². The second-order valence-corrected chi connectivity index (χ2v) is 14.1. The fourth-order valence-corrected chi connectivity index (χ4v) is 10.1. The second-order valence-electron chi connectivity index (χ2n) is 13.0. The highest BCUT2D eigenvalue weighted by atomic mass is 32.2. The van der Waals surface area contributed by atoms with Gasteiger partial charge in [0.1, 0.15) is 5.40 Å². The van der Waals surface area contributed by atoms with E-state index in [1.165, 1.54) is 82.4 Å². The number of nitriles is 1. The highest BCUT2D eigenvalue weighted by molar-refractivity contribution is 8.04. The van der Waals surface area contributed by atoms with Gasteiger partial charge in [-0.3, -0.25) is 0 Å². The largest absolute Gasteiger partial charge is 0.185 e. The van der Waals surface area contributed by atoms with E-state index in [1.54, 1.807) is 5.57 Å². The molecule has 0 bridgehead atoms. The van der Waals surface area contributed by atoms with Crippen LogP contribution in [-0.2, 0) is 0 Å². The van der Waals surface area contributed by atoms with Crippen molar-refractivity contribution >= 4 is 11.8 Å². The molecule has 3 saturated carbocycles. The predicted molar refractivity (Wildman–Crippen MR) is 139 cm³/mol. The van der Waals surface area contributed by atoms with Gasteiger partial charge in [-0.1, -0.05) is 66.0 Å². The van der Waals surface area contributed by atoms with E-state index >= 15 is 0 Å². The van der Waals surface area contributed by atoms with Crippen LogP contribution in [0.1, 0.15) is 112 Å². The lowest BCUT2D eigenvalue weighted by Gasteiger charge is -2.58. The Balaban J connectivity index is 1.46. The Labute approximate surface area is 203 Å². The summed E-state index contributed by atoms with van der Waals surface area (Å²) in [5.74, 6) is 6.33. The van der Waals surface area contributed by atoms with Crippen LogP contribution >= 0.6 is 11.8 Å². The summed E-state index contributed by atoms with van der Waals surface area (Å²) in [6.07, 6.45) is 17.8. The Bertz CT molecular complexity index is 734. The molecule has 0 heterocycles. The van der Waals surface area contributed by atoms with Crippen LogP contribution in [0, 0.1) is 62.9 Å². The van der Waals surface area contributed by atoms with Crippen LogP contribution < -0.4 is 0 Å². The van der Waals surface area contributed by atoms with E-state index in [0.717, 1.165) is 41.4 Å². The molecule has 0 aliphatic heterocycles. The zero-order chi connectivity index (χ0) is 23.1. The molecule has 0 saturated heterocycles. The van der Waals surface area contributed by atoms with Gasteiger partial charge in [0.05, 0.1) is 0 Å². The third-order valence-corrected chi connectivity index (χ3v) is 12.3. The van der Waals surface area contributed by atoms with Gasteiger partial charge in [0, 0.05) is 5.25 Å². The van der Waals surface area contributed by atoms with E-state index in [2.05, 4.69) is 53.0 Å². The minimum Gasteiger partial charge on any atom is -0.185 e. The molecule has 3 fully saturated rings. The Morgan fingerprint density at radius 3 is 2.53 bits per heavy atom. The maximum atomic E-state index is 9.17. The van der Waals surface area contributed by atoms with Crippen LogP contribution in [-0.4, -0.2) is 5.25 Å². The smallest absolute Gasteiger partial charge is 0.133 e. The van der Waals surface area contributed by atoms with Gasteiger partial charge in [-0.15, -0.1) is 0 Å². The van der Waals surface area contributed by atoms with Crippen molar-refractivity contribution in [2.45, 2.75) is 117 Å². The molecular formula is C30H49NS. The van der Waals surface area contributed by atoms with E-state index < -0.39 is 0 Å². The Morgan fingerprint density at radius 2 is 1.84 bits per heavy atom. The number of nitrogens with zero attached hydrogens (tertiary/aromatic N) is 1. The average molecular weight is 456 g/mol. The Morgan fingerprint density at radius 1 is 1.06 bits per heavy atom. The quantitative estimate of drug-likeness (QED) is 0.282. The van der Waals surface area contributed by atoms with Gasteiger partial charge in [-0.05, 0) is 122 Å². The molecule has 9 atom stereocenters. The fourth-order valence-electron chi connectivity index (χ4n) is 9.46. The van der Waals surface area contributed by atoms with Gasteiger partial charge in [-0.25, -0.2) is 0 Å². The monoisotopic (exact) mass is 455 g/mol. The van der Waals surface area contributed by atoms with Crippen LogP contribution in [0.15, 0.2) is 11.6 Å². The molecule has 32 heavy (non-hydrogen) atoms. The van der Waals surface area contributed by atoms with Gasteiger partial charge in [-0.2, -0.15) is 5.26 Å². The molecule has 4 rings (SSSR count). The Hall–Kier alpha value is -0.420. The van der Waals surface area contributed by atoms with E-state index in [-0.39, 0.29) is 0 Å². The molecule has 1 nitrogen and oxygen atoms in total. The third kappa shape index (κ3) is 4.23. The average Bonchev–Trinajstić information content (AvgIpc) is 3.11. The standard InChI is InChI=1S/C30H49NS/c1-7-22(20(2)3)9-8-21(4)26-12-13-27-25-11-10-23-18-24(32-19-31)14-16-29(23,5)28(25)15-17-30(26,27)6/h10,20-22,24-28H,7-9,11-18H2,1-6H3/t21-,22-,24+,25+,26-,27+,28+,29+,30-/m1/s1. The highest BCUT2D eigenvalue weighted by Gasteiger charge is 2.59. The van der Waals surface area contributed by atoms with E-state index in [9.17, 15) is 0 Å². The maximum Gasteiger partial charge on any atom is 0.133 e. The normalized spacial score (nSPS) is 42.9. The first-order chi connectivity index (χ1) is 15.2. The summed E-state index contributed by atoms with van der Waals surface area (Å²) in [5.41, 5.74) is 2.73. The number of thioether (sulfide) groups is 1. The van der Waals surface area contributed by atoms with Crippen molar-refractivity contribution in [2.24, 2.45) is 52.3 Å². The number of rotatable bonds is 7. The highest BCUT2D eigenvalue weighted by Crippen LogP contribution is 2.67. The van der Waals surface area contributed by atoms with Gasteiger partial charge in [0.2, 0.25) is 0 Å². The van der Waals surface area contributed by atoms with Crippen molar-refractivity contribution in [2.75, 3.05) is 0 Å². The molecule has 0 radical (unpaired) electrons. The first-order valence-corrected chi connectivity index (χ1v) is 14.9. The van der Waals surface area contributed by atoms with Gasteiger partial charge in [0.25, 0.3) is 0 Å². The molecule has 0 amide bonds. The van der Waals surface area contributed by atoms with Crippen molar-refractivity contribution in [1.29, 1.82) is 5.26 Å². The van der Waals surface area contributed by atoms with Gasteiger partial charge >= 0.3 is 0 Å². The lowest BCUT2D eigenvalue weighted by molar-refractivity contribution is -0.0500. The number of fused-ring (bicyclic) bond motifs is 5. The molecule has 2 heteroatoms. The van der Waals surface area contributed by atoms with Crippen LogP contribution in [0.5, 0.6) is 0 Å². The van der Waals surface area contributed by atoms with E-state index in [0.29, 0.717) is 16.1 Å². The van der Waals surface area contributed by atoms with Crippen LogP contribution in [0.4, 0.5) is 0 Å². The first-order valence-electron chi connectivity index (χ1n) is 14.0. The fraction of sp³-hybridized carbons (Fsp3) is 0.900. The van der Waals surface area contributed by atoms with Crippen molar-refractivity contribution in [3.05, 3.63) is 11.6 Å².